The number of halogens is 1. The van der Waals surface area contributed by atoms with Gasteiger partial charge < -0.3 is 5.73 Å². The summed E-state index contributed by atoms with van der Waals surface area (Å²) in [5.74, 6) is -0.501. The fourth-order valence-electron chi connectivity index (χ4n) is 0.902. The molecule has 1 heterocycles. The van der Waals surface area contributed by atoms with Crippen LogP contribution in [0.3, 0.4) is 0 Å². The normalized spacial score (nSPS) is 10.6. The smallest absolute Gasteiger partial charge is 0.241 e. The molecule has 0 unspecified atom stereocenters. The first kappa shape index (κ1) is 9.74. The van der Waals surface area contributed by atoms with Crippen molar-refractivity contribution in [1.29, 1.82) is 0 Å². The lowest BCUT2D eigenvalue weighted by Crippen LogP contribution is -2.05. The zero-order valence-electron chi connectivity index (χ0n) is 7.12. The maximum Gasteiger partial charge on any atom is 0.241 e. The van der Waals surface area contributed by atoms with Crippen LogP contribution in [0.5, 0.6) is 0 Å². The molecule has 0 spiro atoms. The minimum atomic E-state index is -0.501. The van der Waals surface area contributed by atoms with Gasteiger partial charge in [-0.3, -0.25) is 4.79 Å². The van der Waals surface area contributed by atoms with Crippen LogP contribution < -0.4 is 5.73 Å². The Bertz CT molecular complexity index is 340. The number of hydrogen-bond acceptors (Lipinski definition) is 2. The van der Waals surface area contributed by atoms with Crippen LogP contribution in [-0.4, -0.2) is 10.9 Å². The lowest BCUT2D eigenvalue weighted by atomic mass is 10.1. The third-order valence-electron chi connectivity index (χ3n) is 1.57. The largest absolute Gasteiger partial charge is 0.366 e. The number of carbonyl (C=O) groups excluding carboxylic acids is 1. The fraction of sp³-hybridized carbons (Fsp3) is 0.111. The first-order valence-corrected chi connectivity index (χ1v) is 4.07. The maximum absolute atomic E-state index is 10.5. The molecule has 0 fully saturated rings. The lowest BCUT2D eigenvalue weighted by molar-refractivity contribution is -0.113. The molecule has 2 N–H and O–H groups in total. The molecule has 4 heteroatoms. The minimum absolute atomic E-state index is 0.373. The third kappa shape index (κ3) is 2.56. The van der Waals surface area contributed by atoms with Gasteiger partial charge in [0, 0.05) is 17.8 Å². The van der Waals surface area contributed by atoms with Crippen LogP contribution >= 0.6 is 11.6 Å². The SMILES string of the molecule is Cc1ccnc(Cl)c1C=CC(N)=O. The molecule has 0 aliphatic heterocycles. The van der Waals surface area contributed by atoms with Gasteiger partial charge in [0.2, 0.25) is 5.91 Å². The van der Waals surface area contributed by atoms with Crippen LogP contribution in [0.2, 0.25) is 5.15 Å². The van der Waals surface area contributed by atoms with E-state index in [9.17, 15) is 4.79 Å². The van der Waals surface area contributed by atoms with Gasteiger partial charge in [-0.15, -0.1) is 0 Å². The summed E-state index contributed by atoms with van der Waals surface area (Å²) in [5.41, 5.74) is 6.63. The molecule has 0 aromatic carbocycles. The fourth-order valence-corrected chi connectivity index (χ4v) is 1.17. The van der Waals surface area contributed by atoms with Crippen molar-refractivity contribution in [2.24, 2.45) is 5.73 Å². The summed E-state index contributed by atoms with van der Waals surface area (Å²) in [4.78, 5) is 14.3. The van der Waals surface area contributed by atoms with Crippen LogP contribution in [0.1, 0.15) is 11.1 Å². The molecule has 0 radical (unpaired) electrons. The number of rotatable bonds is 2. The van der Waals surface area contributed by atoms with Crippen LogP contribution in [0.25, 0.3) is 6.08 Å². The summed E-state index contributed by atoms with van der Waals surface area (Å²) >= 11 is 5.80. The average Bonchev–Trinajstić information content (AvgIpc) is 2.03. The lowest BCUT2D eigenvalue weighted by Gasteiger charge is -2.00. The second-order valence-corrected chi connectivity index (χ2v) is 2.93. The summed E-state index contributed by atoms with van der Waals surface area (Å²) in [6, 6.07) is 1.81. The van der Waals surface area contributed by atoms with Gasteiger partial charge >= 0.3 is 0 Å². The number of pyridine rings is 1. The van der Waals surface area contributed by atoms with Crippen LogP contribution in [0.15, 0.2) is 18.3 Å². The Morgan fingerprint density at radius 1 is 1.69 bits per heavy atom. The van der Waals surface area contributed by atoms with E-state index >= 15 is 0 Å². The van der Waals surface area contributed by atoms with Crippen molar-refractivity contribution in [2.45, 2.75) is 6.92 Å². The van der Waals surface area contributed by atoms with E-state index in [1.165, 1.54) is 6.08 Å². The van der Waals surface area contributed by atoms with Gasteiger partial charge in [0.15, 0.2) is 0 Å². The van der Waals surface area contributed by atoms with Crippen molar-refractivity contribution >= 4 is 23.6 Å². The van der Waals surface area contributed by atoms with E-state index < -0.39 is 5.91 Å². The number of aromatic nitrogens is 1. The van der Waals surface area contributed by atoms with E-state index in [-0.39, 0.29) is 0 Å². The van der Waals surface area contributed by atoms with E-state index in [0.29, 0.717) is 5.15 Å². The zero-order valence-corrected chi connectivity index (χ0v) is 7.88. The molecule has 68 valence electrons. The Morgan fingerprint density at radius 2 is 2.38 bits per heavy atom. The summed E-state index contributed by atoms with van der Waals surface area (Å²) in [6.45, 7) is 1.88. The molecule has 1 aromatic heterocycles. The Hall–Kier alpha value is -1.35. The zero-order chi connectivity index (χ0) is 9.84. The van der Waals surface area contributed by atoms with Gasteiger partial charge in [-0.1, -0.05) is 11.6 Å². The Labute approximate surface area is 81.2 Å². The molecule has 1 amide bonds. The Balaban J connectivity index is 3.06. The summed E-state index contributed by atoms with van der Waals surface area (Å²) in [6.07, 6.45) is 4.43. The van der Waals surface area contributed by atoms with Gasteiger partial charge in [-0.2, -0.15) is 0 Å². The number of primary amides is 1. The van der Waals surface area contributed by atoms with Gasteiger partial charge in [0.1, 0.15) is 5.15 Å². The van der Waals surface area contributed by atoms with Crippen molar-refractivity contribution in [3.63, 3.8) is 0 Å². The van der Waals surface area contributed by atoms with Crippen LogP contribution in [0.4, 0.5) is 0 Å². The molecule has 1 aromatic rings. The first-order chi connectivity index (χ1) is 6.11. The molecule has 3 nitrogen and oxygen atoms in total. The third-order valence-corrected chi connectivity index (χ3v) is 1.87. The van der Waals surface area contributed by atoms with Crippen molar-refractivity contribution in [3.8, 4) is 0 Å². The second kappa shape index (κ2) is 4.05. The van der Waals surface area contributed by atoms with E-state index in [1.54, 1.807) is 12.3 Å². The number of nitrogens with zero attached hydrogens (tertiary/aromatic N) is 1. The predicted octanol–water partition coefficient (Wildman–Crippen LogP) is 1.54. The Morgan fingerprint density at radius 3 is 2.92 bits per heavy atom. The number of nitrogens with two attached hydrogens (primary N) is 1. The molecule has 0 aliphatic carbocycles. The Kier molecular flexibility index (Phi) is 3.03. The molecular weight excluding hydrogens is 188 g/mol. The molecule has 0 aliphatic rings. The maximum atomic E-state index is 10.5. The van der Waals surface area contributed by atoms with Gasteiger partial charge in [0.25, 0.3) is 0 Å². The van der Waals surface area contributed by atoms with Gasteiger partial charge in [0.05, 0.1) is 0 Å². The summed E-state index contributed by atoms with van der Waals surface area (Å²) < 4.78 is 0. The van der Waals surface area contributed by atoms with E-state index in [1.807, 2.05) is 13.0 Å². The predicted molar refractivity (Wildman–Crippen MR) is 52.2 cm³/mol. The van der Waals surface area contributed by atoms with Crippen molar-refractivity contribution in [1.82, 2.24) is 4.98 Å². The first-order valence-electron chi connectivity index (χ1n) is 3.70. The molecule has 13 heavy (non-hydrogen) atoms. The molecule has 0 bridgehead atoms. The number of aryl methyl sites for hydroxylation is 1. The number of hydrogen-bond donors (Lipinski definition) is 1. The van der Waals surface area contributed by atoms with E-state index in [2.05, 4.69) is 4.98 Å². The molecule has 0 saturated heterocycles. The van der Waals surface area contributed by atoms with Crippen molar-refractivity contribution in [3.05, 3.63) is 34.6 Å². The quantitative estimate of drug-likeness (QED) is 0.576. The molecule has 1 rings (SSSR count). The molecule has 0 saturated carbocycles. The van der Waals surface area contributed by atoms with Crippen LogP contribution in [0, 0.1) is 6.92 Å². The topological polar surface area (TPSA) is 56.0 Å². The van der Waals surface area contributed by atoms with E-state index in [0.717, 1.165) is 11.1 Å². The summed E-state index contributed by atoms with van der Waals surface area (Å²) in [5, 5.41) is 0.373. The highest BCUT2D eigenvalue weighted by atomic mass is 35.5. The van der Waals surface area contributed by atoms with E-state index in [4.69, 9.17) is 17.3 Å². The standard InChI is InChI=1S/C9H9ClN2O/c1-6-4-5-12-9(10)7(6)2-3-8(11)13/h2-5H,1H3,(H2,11,13). The molecular formula is C9H9ClN2O. The van der Waals surface area contributed by atoms with Crippen LogP contribution in [-0.2, 0) is 4.79 Å². The average molecular weight is 197 g/mol. The molecule has 0 atom stereocenters. The van der Waals surface area contributed by atoms with Gasteiger partial charge in [-0.25, -0.2) is 4.98 Å². The second-order valence-electron chi connectivity index (χ2n) is 2.57. The van der Waals surface area contributed by atoms with Crippen molar-refractivity contribution in [2.75, 3.05) is 0 Å². The monoisotopic (exact) mass is 196 g/mol. The minimum Gasteiger partial charge on any atom is -0.366 e. The number of amides is 1. The highest BCUT2D eigenvalue weighted by Crippen LogP contribution is 2.17. The highest BCUT2D eigenvalue weighted by molar-refractivity contribution is 6.31. The van der Waals surface area contributed by atoms with Gasteiger partial charge in [-0.05, 0) is 24.6 Å². The van der Waals surface area contributed by atoms with Crippen molar-refractivity contribution < 1.29 is 4.79 Å². The summed E-state index contributed by atoms with van der Waals surface area (Å²) in [7, 11) is 0. The number of carbonyl (C=O) groups is 1. The highest BCUT2D eigenvalue weighted by Gasteiger charge is 2.00.